The second-order valence-electron chi connectivity index (χ2n) is 4.89. The maximum atomic E-state index is 12.2. The van der Waals surface area contributed by atoms with Crippen molar-refractivity contribution in [1.29, 1.82) is 0 Å². The van der Waals surface area contributed by atoms with E-state index in [0.717, 1.165) is 6.42 Å². The van der Waals surface area contributed by atoms with Crippen LogP contribution in [0.1, 0.15) is 23.7 Å². The lowest BCUT2D eigenvalue weighted by atomic mass is 10.2. The summed E-state index contributed by atoms with van der Waals surface area (Å²) in [7, 11) is -3.69. The molecule has 0 radical (unpaired) electrons. The third-order valence-corrected chi connectivity index (χ3v) is 4.71. The van der Waals surface area contributed by atoms with Crippen LogP contribution in [0, 0.1) is 0 Å². The van der Waals surface area contributed by atoms with E-state index in [1.165, 1.54) is 24.3 Å². The van der Waals surface area contributed by atoms with Crippen molar-refractivity contribution in [3.8, 4) is 0 Å². The van der Waals surface area contributed by atoms with Gasteiger partial charge in [-0.05, 0) is 55.0 Å². The first kappa shape index (κ1) is 17.3. The number of hydrogen-bond donors (Lipinski definition) is 2. The summed E-state index contributed by atoms with van der Waals surface area (Å²) in [4.78, 5) is 11.9. The highest BCUT2D eigenvalue weighted by Crippen LogP contribution is 2.18. The number of benzene rings is 2. The molecule has 0 aliphatic rings. The number of amides is 1. The Bertz CT molecular complexity index is 772. The molecule has 0 spiro atoms. The van der Waals surface area contributed by atoms with E-state index in [4.69, 9.17) is 11.6 Å². The van der Waals surface area contributed by atoms with Crippen molar-refractivity contribution in [3.63, 3.8) is 0 Å². The molecule has 122 valence electrons. The van der Waals surface area contributed by atoms with Crippen LogP contribution in [0.25, 0.3) is 0 Å². The number of carbonyl (C=O) groups excluding carboxylic acids is 1. The average molecular weight is 353 g/mol. The number of hydrogen-bond acceptors (Lipinski definition) is 3. The van der Waals surface area contributed by atoms with Gasteiger partial charge in [0, 0.05) is 22.8 Å². The molecule has 5 nitrogen and oxygen atoms in total. The molecule has 0 saturated heterocycles. The van der Waals surface area contributed by atoms with Gasteiger partial charge in [-0.25, -0.2) is 8.42 Å². The van der Waals surface area contributed by atoms with Gasteiger partial charge in [0.1, 0.15) is 0 Å². The molecule has 1 amide bonds. The Morgan fingerprint density at radius 1 is 1.04 bits per heavy atom. The molecule has 0 aromatic heterocycles. The van der Waals surface area contributed by atoms with Gasteiger partial charge in [0.25, 0.3) is 15.9 Å². The molecular formula is C16H17ClN2O3S. The SMILES string of the molecule is CCCNC(=O)c1ccc(NS(=O)(=O)c2ccc(Cl)cc2)cc1. The predicted octanol–water partition coefficient (Wildman–Crippen LogP) is 3.28. The number of nitrogens with one attached hydrogen (secondary N) is 2. The number of carbonyl (C=O) groups is 1. The highest BCUT2D eigenvalue weighted by atomic mass is 35.5. The van der Waals surface area contributed by atoms with Crippen molar-refractivity contribution in [3.05, 3.63) is 59.1 Å². The predicted molar refractivity (Wildman–Crippen MR) is 91.3 cm³/mol. The number of anilines is 1. The zero-order valence-corrected chi connectivity index (χ0v) is 14.1. The van der Waals surface area contributed by atoms with Gasteiger partial charge in [-0.15, -0.1) is 0 Å². The maximum absolute atomic E-state index is 12.2. The van der Waals surface area contributed by atoms with Gasteiger partial charge in [0.15, 0.2) is 0 Å². The Kier molecular flexibility index (Phi) is 5.63. The molecule has 0 fully saturated rings. The third kappa shape index (κ3) is 4.71. The smallest absolute Gasteiger partial charge is 0.261 e. The average Bonchev–Trinajstić information content (AvgIpc) is 2.53. The Balaban J connectivity index is 2.11. The lowest BCUT2D eigenvalue weighted by molar-refractivity contribution is 0.0953. The van der Waals surface area contributed by atoms with Crippen molar-refractivity contribution in [2.24, 2.45) is 0 Å². The minimum atomic E-state index is -3.69. The van der Waals surface area contributed by atoms with E-state index in [-0.39, 0.29) is 10.8 Å². The van der Waals surface area contributed by atoms with Gasteiger partial charge < -0.3 is 5.32 Å². The molecular weight excluding hydrogens is 336 g/mol. The summed E-state index contributed by atoms with van der Waals surface area (Å²) in [6, 6.07) is 12.1. The maximum Gasteiger partial charge on any atom is 0.261 e. The summed E-state index contributed by atoms with van der Waals surface area (Å²) in [6.45, 7) is 2.57. The second-order valence-corrected chi connectivity index (χ2v) is 7.01. The minimum Gasteiger partial charge on any atom is -0.352 e. The van der Waals surface area contributed by atoms with Crippen molar-refractivity contribution >= 4 is 33.2 Å². The van der Waals surface area contributed by atoms with E-state index < -0.39 is 10.0 Å². The summed E-state index contributed by atoms with van der Waals surface area (Å²) >= 11 is 5.75. The molecule has 0 aliphatic carbocycles. The quantitative estimate of drug-likeness (QED) is 0.837. The largest absolute Gasteiger partial charge is 0.352 e. The fourth-order valence-electron chi connectivity index (χ4n) is 1.86. The fourth-order valence-corrected chi connectivity index (χ4v) is 3.04. The first-order valence-corrected chi connectivity index (χ1v) is 8.95. The Morgan fingerprint density at radius 3 is 2.22 bits per heavy atom. The first-order chi connectivity index (χ1) is 10.9. The summed E-state index contributed by atoms with van der Waals surface area (Å²) < 4.78 is 26.9. The molecule has 2 aromatic carbocycles. The third-order valence-electron chi connectivity index (χ3n) is 3.06. The van der Waals surface area contributed by atoms with Crippen LogP contribution in [0.2, 0.25) is 5.02 Å². The van der Waals surface area contributed by atoms with Crippen LogP contribution in [0.4, 0.5) is 5.69 Å². The lowest BCUT2D eigenvalue weighted by Gasteiger charge is -2.09. The molecule has 0 unspecified atom stereocenters. The van der Waals surface area contributed by atoms with Crippen LogP contribution in [0.5, 0.6) is 0 Å². The Hall–Kier alpha value is -2.05. The summed E-state index contributed by atoms with van der Waals surface area (Å²) in [6.07, 6.45) is 0.852. The van der Waals surface area contributed by atoms with Gasteiger partial charge in [-0.2, -0.15) is 0 Å². The van der Waals surface area contributed by atoms with Gasteiger partial charge in [-0.3, -0.25) is 9.52 Å². The number of halogens is 1. The van der Waals surface area contributed by atoms with Crippen LogP contribution in [-0.4, -0.2) is 20.9 Å². The highest BCUT2D eigenvalue weighted by molar-refractivity contribution is 7.92. The molecule has 0 bridgehead atoms. The molecule has 7 heteroatoms. The fraction of sp³-hybridized carbons (Fsp3) is 0.188. The van der Waals surface area contributed by atoms with Gasteiger partial charge >= 0.3 is 0 Å². The zero-order valence-electron chi connectivity index (χ0n) is 12.5. The topological polar surface area (TPSA) is 75.3 Å². The number of rotatable bonds is 6. The second kappa shape index (κ2) is 7.48. The van der Waals surface area contributed by atoms with Gasteiger partial charge in [0.2, 0.25) is 0 Å². The normalized spacial score (nSPS) is 11.0. The summed E-state index contributed by atoms with van der Waals surface area (Å²) in [5.74, 6) is -0.182. The monoisotopic (exact) mass is 352 g/mol. The van der Waals surface area contributed by atoms with Crippen LogP contribution < -0.4 is 10.0 Å². The molecule has 2 N–H and O–H groups in total. The Labute approximate surface area is 140 Å². The van der Waals surface area contributed by atoms with E-state index in [1.54, 1.807) is 24.3 Å². The molecule has 0 atom stereocenters. The van der Waals surface area contributed by atoms with E-state index >= 15 is 0 Å². The number of sulfonamides is 1. The molecule has 23 heavy (non-hydrogen) atoms. The van der Waals surface area contributed by atoms with E-state index in [1.807, 2.05) is 6.92 Å². The molecule has 0 heterocycles. The van der Waals surface area contributed by atoms with Crippen molar-refractivity contribution in [2.75, 3.05) is 11.3 Å². The van der Waals surface area contributed by atoms with Crippen molar-refractivity contribution in [1.82, 2.24) is 5.32 Å². The summed E-state index contributed by atoms with van der Waals surface area (Å²) in [5, 5.41) is 3.22. The van der Waals surface area contributed by atoms with Crippen molar-refractivity contribution in [2.45, 2.75) is 18.2 Å². The zero-order chi connectivity index (χ0) is 16.9. The van der Waals surface area contributed by atoms with Crippen LogP contribution in [0.15, 0.2) is 53.4 Å². The molecule has 0 aliphatic heterocycles. The minimum absolute atomic E-state index is 0.117. The lowest BCUT2D eigenvalue weighted by Crippen LogP contribution is -2.23. The van der Waals surface area contributed by atoms with Crippen molar-refractivity contribution < 1.29 is 13.2 Å². The molecule has 2 aromatic rings. The van der Waals surface area contributed by atoms with Crippen LogP contribution in [0.3, 0.4) is 0 Å². The summed E-state index contributed by atoms with van der Waals surface area (Å²) in [5.41, 5.74) is 0.861. The van der Waals surface area contributed by atoms with E-state index in [2.05, 4.69) is 10.0 Å². The molecule has 2 rings (SSSR count). The van der Waals surface area contributed by atoms with Crippen LogP contribution >= 0.6 is 11.6 Å². The molecule has 0 saturated carbocycles. The Morgan fingerprint density at radius 2 is 1.65 bits per heavy atom. The van der Waals surface area contributed by atoms with E-state index in [9.17, 15) is 13.2 Å². The highest BCUT2D eigenvalue weighted by Gasteiger charge is 2.14. The van der Waals surface area contributed by atoms with E-state index in [0.29, 0.717) is 22.8 Å². The first-order valence-electron chi connectivity index (χ1n) is 7.09. The van der Waals surface area contributed by atoms with Crippen LogP contribution in [-0.2, 0) is 10.0 Å². The van der Waals surface area contributed by atoms with Gasteiger partial charge in [-0.1, -0.05) is 18.5 Å². The standard InChI is InChI=1S/C16H17ClN2O3S/c1-2-11-18-16(20)12-3-7-14(8-4-12)19-23(21,22)15-9-5-13(17)6-10-15/h3-10,19H,2,11H2,1H3,(H,18,20). The van der Waals surface area contributed by atoms with Gasteiger partial charge in [0.05, 0.1) is 4.90 Å².